The van der Waals surface area contributed by atoms with Gasteiger partial charge in [0.1, 0.15) is 0 Å². The minimum Gasteiger partial charge on any atom is -0.386 e. The summed E-state index contributed by atoms with van der Waals surface area (Å²) in [5.74, 6) is 0.410. The summed E-state index contributed by atoms with van der Waals surface area (Å²) in [7, 11) is 0. The number of rotatable bonds is 8. The molecule has 1 nitrogen and oxygen atoms in total. The number of hydrogen-bond acceptors (Lipinski definition) is 1. The van der Waals surface area contributed by atoms with Crippen LogP contribution in [0.3, 0.4) is 0 Å². The second-order valence-corrected chi connectivity index (χ2v) is 4.76. The molecule has 1 heteroatoms. The van der Waals surface area contributed by atoms with Crippen LogP contribution in [0.2, 0.25) is 0 Å². The van der Waals surface area contributed by atoms with Gasteiger partial charge >= 0.3 is 0 Å². The van der Waals surface area contributed by atoms with Crippen molar-refractivity contribution in [3.8, 4) is 0 Å². The Morgan fingerprint density at radius 3 is 2.40 bits per heavy atom. The van der Waals surface area contributed by atoms with E-state index in [4.69, 9.17) is 0 Å². The minimum atomic E-state index is -0.704. The zero-order valence-corrected chi connectivity index (χ0v) is 10.5. The molecule has 0 saturated carbocycles. The third-order valence-corrected chi connectivity index (χ3v) is 2.45. The van der Waals surface area contributed by atoms with Gasteiger partial charge in [0.2, 0.25) is 0 Å². The highest BCUT2D eigenvalue weighted by Crippen LogP contribution is 2.15. The smallest absolute Gasteiger partial charge is 0.0771 e. The molecular weight excluding hydrogens is 184 g/mol. The molecule has 0 aliphatic carbocycles. The second kappa shape index (κ2) is 7.70. The molecular formula is C14H26O. The van der Waals surface area contributed by atoms with Crippen LogP contribution in [0.25, 0.3) is 0 Å². The van der Waals surface area contributed by atoms with E-state index in [0.29, 0.717) is 5.92 Å². The fourth-order valence-corrected chi connectivity index (χ4v) is 1.46. The largest absolute Gasteiger partial charge is 0.386 e. The van der Waals surface area contributed by atoms with E-state index in [9.17, 15) is 5.11 Å². The third kappa shape index (κ3) is 9.74. The Bertz CT molecular complexity index is 186. The number of aliphatic hydroxyl groups is 1. The summed E-state index contributed by atoms with van der Waals surface area (Å²) in [5.41, 5.74) is -0.704. The zero-order chi connectivity index (χ0) is 11.7. The molecule has 0 aromatic rings. The van der Waals surface area contributed by atoms with Gasteiger partial charge in [-0.25, -0.2) is 0 Å². The van der Waals surface area contributed by atoms with Crippen molar-refractivity contribution in [2.45, 2.75) is 58.5 Å². The van der Waals surface area contributed by atoms with E-state index >= 15 is 0 Å². The fourth-order valence-electron chi connectivity index (χ4n) is 1.46. The summed E-state index contributed by atoms with van der Waals surface area (Å²) in [6.45, 7) is 9.63. The number of allylic oxidation sites excluding steroid dienone is 2. The van der Waals surface area contributed by atoms with E-state index in [1.54, 1.807) is 13.8 Å². The first-order valence-corrected chi connectivity index (χ1v) is 6.04. The minimum absolute atomic E-state index is 0.410. The van der Waals surface area contributed by atoms with Crippen LogP contribution in [0, 0.1) is 5.92 Å². The van der Waals surface area contributed by atoms with Crippen LogP contribution < -0.4 is 0 Å². The van der Waals surface area contributed by atoms with Gasteiger partial charge in [0.25, 0.3) is 0 Å². The Morgan fingerprint density at radius 2 is 1.93 bits per heavy atom. The summed E-state index contributed by atoms with van der Waals surface area (Å²) in [5, 5.41) is 9.55. The topological polar surface area (TPSA) is 20.2 Å². The quantitative estimate of drug-likeness (QED) is 0.472. The first-order chi connectivity index (χ1) is 6.99. The monoisotopic (exact) mass is 210 g/mol. The SMILES string of the molecule is C=CC(/C=C/C(C)(C)O)CCCCCC. The second-order valence-electron chi connectivity index (χ2n) is 4.76. The molecule has 1 atom stereocenters. The third-order valence-electron chi connectivity index (χ3n) is 2.45. The van der Waals surface area contributed by atoms with Gasteiger partial charge in [-0.3, -0.25) is 0 Å². The van der Waals surface area contributed by atoms with E-state index in [-0.39, 0.29) is 0 Å². The fraction of sp³-hybridized carbons (Fsp3) is 0.714. The average Bonchev–Trinajstić information content (AvgIpc) is 2.15. The normalized spacial score (nSPS) is 14.4. The van der Waals surface area contributed by atoms with Gasteiger partial charge in [0.15, 0.2) is 0 Å². The zero-order valence-electron chi connectivity index (χ0n) is 10.5. The molecule has 0 heterocycles. The predicted molar refractivity (Wildman–Crippen MR) is 67.9 cm³/mol. The van der Waals surface area contributed by atoms with Gasteiger partial charge in [-0.1, -0.05) is 50.8 Å². The Morgan fingerprint density at radius 1 is 1.27 bits per heavy atom. The maximum Gasteiger partial charge on any atom is 0.0771 e. The Balaban J connectivity index is 3.83. The molecule has 1 unspecified atom stereocenters. The molecule has 0 bridgehead atoms. The van der Waals surface area contributed by atoms with Crippen LogP contribution in [0.1, 0.15) is 52.9 Å². The van der Waals surface area contributed by atoms with Crippen molar-refractivity contribution in [2.75, 3.05) is 0 Å². The lowest BCUT2D eigenvalue weighted by atomic mass is 9.98. The Kier molecular flexibility index (Phi) is 7.41. The van der Waals surface area contributed by atoms with Crippen LogP contribution in [0.5, 0.6) is 0 Å². The molecule has 0 saturated heterocycles. The standard InChI is InChI=1S/C14H26O/c1-5-7-8-9-10-13(6-2)11-12-14(3,4)15/h6,11-13,15H,2,5,7-10H2,1,3-4H3/b12-11+. The molecule has 0 aliphatic rings. The van der Waals surface area contributed by atoms with Crippen LogP contribution in [-0.2, 0) is 0 Å². The first kappa shape index (κ1) is 14.4. The van der Waals surface area contributed by atoms with Crippen molar-refractivity contribution < 1.29 is 5.11 Å². The molecule has 0 aliphatic heterocycles. The summed E-state index contributed by atoms with van der Waals surface area (Å²) < 4.78 is 0. The lowest BCUT2D eigenvalue weighted by Crippen LogP contribution is -2.14. The van der Waals surface area contributed by atoms with Crippen molar-refractivity contribution in [3.63, 3.8) is 0 Å². The molecule has 0 aromatic heterocycles. The molecule has 0 spiro atoms. The van der Waals surface area contributed by atoms with E-state index in [2.05, 4.69) is 19.6 Å². The number of hydrogen-bond donors (Lipinski definition) is 1. The first-order valence-electron chi connectivity index (χ1n) is 6.04. The molecule has 0 aromatic carbocycles. The van der Waals surface area contributed by atoms with Crippen molar-refractivity contribution in [2.24, 2.45) is 5.92 Å². The molecule has 88 valence electrons. The molecule has 1 N–H and O–H groups in total. The average molecular weight is 210 g/mol. The Labute approximate surface area is 94.9 Å². The lowest BCUT2D eigenvalue weighted by Gasteiger charge is -2.13. The van der Waals surface area contributed by atoms with Crippen LogP contribution in [0.15, 0.2) is 24.8 Å². The maximum atomic E-state index is 9.55. The predicted octanol–water partition coefficient (Wildman–Crippen LogP) is 4.09. The van der Waals surface area contributed by atoms with Crippen molar-refractivity contribution >= 4 is 0 Å². The van der Waals surface area contributed by atoms with Gasteiger partial charge in [-0.2, -0.15) is 0 Å². The van der Waals surface area contributed by atoms with E-state index < -0.39 is 5.60 Å². The summed E-state index contributed by atoms with van der Waals surface area (Å²) in [4.78, 5) is 0. The van der Waals surface area contributed by atoms with Crippen LogP contribution in [0.4, 0.5) is 0 Å². The summed E-state index contributed by atoms with van der Waals surface area (Å²) in [6, 6.07) is 0. The highest BCUT2D eigenvalue weighted by Gasteiger charge is 2.07. The molecule has 15 heavy (non-hydrogen) atoms. The lowest BCUT2D eigenvalue weighted by molar-refractivity contribution is 0.132. The van der Waals surface area contributed by atoms with Gasteiger partial charge in [-0.05, 0) is 26.2 Å². The van der Waals surface area contributed by atoms with Crippen molar-refractivity contribution in [3.05, 3.63) is 24.8 Å². The van der Waals surface area contributed by atoms with Gasteiger partial charge in [0.05, 0.1) is 5.60 Å². The molecule has 0 radical (unpaired) electrons. The van der Waals surface area contributed by atoms with E-state index in [0.717, 1.165) is 6.42 Å². The molecule has 0 rings (SSSR count). The highest BCUT2D eigenvalue weighted by molar-refractivity contribution is 5.03. The Hall–Kier alpha value is -0.560. The van der Waals surface area contributed by atoms with Gasteiger partial charge < -0.3 is 5.11 Å². The van der Waals surface area contributed by atoms with Crippen LogP contribution in [-0.4, -0.2) is 10.7 Å². The van der Waals surface area contributed by atoms with Crippen molar-refractivity contribution in [1.82, 2.24) is 0 Å². The molecule has 0 fully saturated rings. The summed E-state index contributed by atoms with van der Waals surface area (Å²) in [6.07, 6.45) is 12.2. The maximum absolute atomic E-state index is 9.55. The van der Waals surface area contributed by atoms with Crippen LogP contribution >= 0.6 is 0 Å². The molecule has 0 amide bonds. The summed E-state index contributed by atoms with van der Waals surface area (Å²) >= 11 is 0. The van der Waals surface area contributed by atoms with Gasteiger partial charge in [0, 0.05) is 0 Å². The van der Waals surface area contributed by atoms with Crippen molar-refractivity contribution in [1.29, 1.82) is 0 Å². The highest BCUT2D eigenvalue weighted by atomic mass is 16.3. The van der Waals surface area contributed by atoms with Gasteiger partial charge in [-0.15, -0.1) is 6.58 Å². The number of unbranched alkanes of at least 4 members (excludes halogenated alkanes) is 3. The van der Waals surface area contributed by atoms with E-state index in [1.165, 1.54) is 25.7 Å². The van der Waals surface area contributed by atoms with E-state index in [1.807, 2.05) is 12.2 Å².